The van der Waals surface area contributed by atoms with Gasteiger partial charge in [-0.05, 0) is 30.3 Å². The van der Waals surface area contributed by atoms with Gasteiger partial charge in [0, 0.05) is 46.2 Å². The number of hydrogen-bond acceptors (Lipinski definition) is 7. The summed E-state index contributed by atoms with van der Waals surface area (Å²) in [6, 6.07) is 20.3. The van der Waals surface area contributed by atoms with Crippen LogP contribution in [0.25, 0.3) is 22.0 Å². The van der Waals surface area contributed by atoms with Crippen LogP contribution in [0.2, 0.25) is 5.02 Å². The molecule has 4 aromatic rings. The Bertz CT molecular complexity index is 1320. The molecule has 0 amide bonds. The molecule has 0 bridgehead atoms. The van der Waals surface area contributed by atoms with Gasteiger partial charge in [-0.25, -0.2) is 0 Å². The van der Waals surface area contributed by atoms with Gasteiger partial charge in [0.25, 0.3) is 5.69 Å². The molecule has 33 heavy (non-hydrogen) atoms. The van der Waals surface area contributed by atoms with Crippen LogP contribution < -0.4 is 10.2 Å². The van der Waals surface area contributed by atoms with E-state index in [-0.39, 0.29) is 10.6 Å². The highest BCUT2D eigenvalue weighted by Gasteiger charge is 2.23. The number of morpholine rings is 1. The lowest BCUT2D eigenvalue weighted by Crippen LogP contribution is -2.36. The maximum Gasteiger partial charge on any atom is 0.293 e. The largest absolute Gasteiger partial charge is 0.378 e. The molecule has 0 spiro atoms. The fourth-order valence-electron chi connectivity index (χ4n) is 3.97. The molecule has 1 aliphatic rings. The Morgan fingerprint density at radius 3 is 2.42 bits per heavy atom. The van der Waals surface area contributed by atoms with E-state index in [1.54, 1.807) is 24.3 Å². The molecule has 1 fully saturated rings. The molecular formula is C24H20ClN5O3. The number of ether oxygens (including phenoxy) is 1. The van der Waals surface area contributed by atoms with Crippen molar-refractivity contribution in [1.29, 1.82) is 0 Å². The molecule has 0 saturated carbocycles. The minimum absolute atomic E-state index is 0.0450. The first-order valence-electron chi connectivity index (χ1n) is 10.5. The van der Waals surface area contributed by atoms with Crippen molar-refractivity contribution in [3.63, 3.8) is 0 Å². The fourth-order valence-corrected chi connectivity index (χ4v) is 4.09. The van der Waals surface area contributed by atoms with Crippen molar-refractivity contribution in [1.82, 2.24) is 10.2 Å². The van der Waals surface area contributed by atoms with E-state index in [0.717, 1.165) is 16.5 Å². The predicted octanol–water partition coefficient (Wildman–Crippen LogP) is 5.44. The van der Waals surface area contributed by atoms with Crippen molar-refractivity contribution in [2.75, 3.05) is 36.5 Å². The predicted molar refractivity (Wildman–Crippen MR) is 129 cm³/mol. The summed E-state index contributed by atoms with van der Waals surface area (Å²) in [6.45, 7) is 2.34. The molecule has 3 aromatic carbocycles. The third kappa shape index (κ3) is 4.30. The normalized spacial score (nSPS) is 13.8. The number of aromatic nitrogens is 2. The average Bonchev–Trinajstić information content (AvgIpc) is 2.86. The lowest BCUT2D eigenvalue weighted by Gasteiger charge is -2.28. The van der Waals surface area contributed by atoms with Crippen LogP contribution >= 0.6 is 11.6 Å². The lowest BCUT2D eigenvalue weighted by molar-refractivity contribution is -0.384. The van der Waals surface area contributed by atoms with Gasteiger partial charge in [-0.2, -0.15) is 0 Å². The van der Waals surface area contributed by atoms with E-state index in [1.165, 1.54) is 0 Å². The van der Waals surface area contributed by atoms with E-state index in [0.29, 0.717) is 54.1 Å². The van der Waals surface area contributed by atoms with E-state index in [2.05, 4.69) is 15.5 Å². The average molecular weight is 462 g/mol. The van der Waals surface area contributed by atoms with Gasteiger partial charge in [0.05, 0.1) is 18.1 Å². The Morgan fingerprint density at radius 1 is 0.970 bits per heavy atom. The highest BCUT2D eigenvalue weighted by molar-refractivity contribution is 6.30. The number of nitrogens with zero attached hydrogens (tertiary/aromatic N) is 4. The van der Waals surface area contributed by atoms with E-state index in [9.17, 15) is 10.1 Å². The quantitative estimate of drug-likeness (QED) is 0.312. The zero-order chi connectivity index (χ0) is 22.8. The van der Waals surface area contributed by atoms with Gasteiger partial charge in [-0.15, -0.1) is 10.2 Å². The van der Waals surface area contributed by atoms with Crippen LogP contribution in [0.4, 0.5) is 22.9 Å². The van der Waals surface area contributed by atoms with Crippen LogP contribution in [0.5, 0.6) is 0 Å². The molecule has 0 unspecified atom stereocenters. The number of benzene rings is 3. The highest BCUT2D eigenvalue weighted by atomic mass is 35.5. The van der Waals surface area contributed by atoms with Gasteiger partial charge >= 0.3 is 0 Å². The van der Waals surface area contributed by atoms with Crippen LogP contribution in [0.1, 0.15) is 0 Å². The Kier molecular flexibility index (Phi) is 5.77. The van der Waals surface area contributed by atoms with E-state index in [4.69, 9.17) is 16.3 Å². The second-order valence-corrected chi connectivity index (χ2v) is 8.07. The Balaban J connectivity index is 1.56. The molecule has 0 aliphatic carbocycles. The Hall–Kier alpha value is -3.75. The first-order chi connectivity index (χ1) is 16.1. The summed E-state index contributed by atoms with van der Waals surface area (Å²) in [5, 5.41) is 26.3. The molecular weight excluding hydrogens is 442 g/mol. The van der Waals surface area contributed by atoms with E-state index in [1.807, 2.05) is 47.4 Å². The van der Waals surface area contributed by atoms with Gasteiger partial charge in [0.1, 0.15) is 11.4 Å². The zero-order valence-electron chi connectivity index (χ0n) is 17.6. The first-order valence-corrected chi connectivity index (χ1v) is 10.9. The van der Waals surface area contributed by atoms with Crippen molar-refractivity contribution < 1.29 is 9.66 Å². The molecule has 166 valence electrons. The van der Waals surface area contributed by atoms with Crippen molar-refractivity contribution in [2.24, 2.45) is 0 Å². The van der Waals surface area contributed by atoms with E-state index >= 15 is 0 Å². The van der Waals surface area contributed by atoms with Gasteiger partial charge in [-0.3, -0.25) is 10.1 Å². The number of nitro groups is 1. The highest BCUT2D eigenvalue weighted by Crippen LogP contribution is 2.36. The van der Waals surface area contributed by atoms with Crippen molar-refractivity contribution in [2.45, 2.75) is 0 Å². The maximum atomic E-state index is 11.9. The van der Waals surface area contributed by atoms with Gasteiger partial charge < -0.3 is 15.0 Å². The van der Waals surface area contributed by atoms with Crippen molar-refractivity contribution in [3.05, 3.63) is 81.9 Å². The number of nitrogens with one attached hydrogen (secondary N) is 1. The third-order valence-corrected chi connectivity index (χ3v) is 5.84. The number of rotatable bonds is 5. The second kappa shape index (κ2) is 9.01. The summed E-state index contributed by atoms with van der Waals surface area (Å²) in [5.74, 6) is 0.594. The summed E-state index contributed by atoms with van der Waals surface area (Å²) in [4.78, 5) is 13.5. The molecule has 5 rings (SSSR count). The van der Waals surface area contributed by atoms with Gasteiger partial charge in [0.15, 0.2) is 5.82 Å². The fraction of sp³-hybridized carbons (Fsp3) is 0.167. The minimum Gasteiger partial charge on any atom is -0.378 e. The monoisotopic (exact) mass is 461 g/mol. The van der Waals surface area contributed by atoms with Crippen LogP contribution in [0.15, 0.2) is 66.7 Å². The lowest BCUT2D eigenvalue weighted by atomic mass is 10.0. The van der Waals surface area contributed by atoms with Crippen molar-refractivity contribution >= 4 is 45.3 Å². The molecule has 1 N–H and O–H groups in total. The van der Waals surface area contributed by atoms with E-state index < -0.39 is 0 Å². The number of fused-ring (bicyclic) bond motifs is 1. The van der Waals surface area contributed by atoms with Gasteiger partial charge in [0.2, 0.25) is 0 Å². The number of anilines is 3. The standard InChI is InChI=1S/C24H20ClN5O3/c25-17-6-8-18(9-7-17)26-24-20-4-2-1-3-19(20)23(27-28-24)16-5-10-21(22(15-16)30(31)32)29-11-13-33-14-12-29/h1-10,15H,11-14H2,(H,26,28). The zero-order valence-corrected chi connectivity index (χ0v) is 18.3. The Labute approximate surface area is 194 Å². The molecule has 1 aliphatic heterocycles. The Morgan fingerprint density at radius 2 is 1.70 bits per heavy atom. The molecule has 8 nitrogen and oxygen atoms in total. The minimum atomic E-state index is -0.347. The first kappa shape index (κ1) is 21.1. The summed E-state index contributed by atoms with van der Waals surface area (Å²) >= 11 is 5.98. The summed E-state index contributed by atoms with van der Waals surface area (Å²) in [6.07, 6.45) is 0. The topological polar surface area (TPSA) is 93.4 Å². The van der Waals surface area contributed by atoms with Crippen LogP contribution in [-0.4, -0.2) is 41.4 Å². The molecule has 1 aromatic heterocycles. The molecule has 0 radical (unpaired) electrons. The maximum absolute atomic E-state index is 11.9. The number of halogens is 1. The summed E-state index contributed by atoms with van der Waals surface area (Å²) in [5.41, 5.74) is 2.69. The smallest absolute Gasteiger partial charge is 0.293 e. The SMILES string of the molecule is O=[N+]([O-])c1cc(-c2nnc(Nc3ccc(Cl)cc3)c3ccccc23)ccc1N1CCOCC1. The van der Waals surface area contributed by atoms with Crippen LogP contribution in [0.3, 0.4) is 0 Å². The molecule has 2 heterocycles. The number of hydrogen-bond donors (Lipinski definition) is 1. The van der Waals surface area contributed by atoms with Crippen LogP contribution in [0, 0.1) is 10.1 Å². The molecule has 9 heteroatoms. The van der Waals surface area contributed by atoms with Crippen molar-refractivity contribution in [3.8, 4) is 11.3 Å². The third-order valence-electron chi connectivity index (χ3n) is 5.59. The summed E-state index contributed by atoms with van der Waals surface area (Å²) in [7, 11) is 0. The molecule has 0 atom stereocenters. The van der Waals surface area contributed by atoms with Gasteiger partial charge in [-0.1, -0.05) is 41.9 Å². The second-order valence-electron chi connectivity index (χ2n) is 7.63. The molecule has 1 saturated heterocycles. The summed E-state index contributed by atoms with van der Waals surface area (Å²) < 4.78 is 5.38. The number of nitro benzene ring substituents is 1. The van der Waals surface area contributed by atoms with Crippen LogP contribution in [-0.2, 0) is 4.74 Å².